The third-order valence-corrected chi connectivity index (χ3v) is 5.20. The lowest BCUT2D eigenvalue weighted by molar-refractivity contribution is -0.357. The van der Waals surface area contributed by atoms with Crippen LogP contribution in [0.25, 0.3) is 0 Å². The standard InChI is InChI=1S/C21H26N4O8/c1-2-3-4-5-13-6-8-14(9-7-13)10-11-16-23-20(19(22)26)25(24-16)21-18(33-29)17(32-28)15(31-21)12-30-27/h6-9,15,17-18,21,27-29H,2-5,12H2,1H3,(H2,22,26)/t15-,17-,18-,21-/m1/s1. The van der Waals surface area contributed by atoms with Crippen molar-refractivity contribution in [3.63, 3.8) is 0 Å². The molecule has 1 aromatic heterocycles. The normalized spacial score (nSPS) is 22.2. The SMILES string of the molecule is CCCCCc1ccc(C#Cc2nc(C(N)=O)n([C@@H]3O[C@H](COO)[C@@H](OO)[C@H]3OO)n2)cc1. The summed E-state index contributed by atoms with van der Waals surface area (Å²) in [6.45, 7) is 1.73. The van der Waals surface area contributed by atoms with Gasteiger partial charge in [-0.3, -0.25) is 20.6 Å². The molecular weight excluding hydrogens is 436 g/mol. The number of primary amides is 1. The predicted molar refractivity (Wildman–Crippen MR) is 112 cm³/mol. The molecule has 5 N–H and O–H groups in total. The number of rotatable bonds is 10. The van der Waals surface area contributed by atoms with E-state index >= 15 is 0 Å². The van der Waals surface area contributed by atoms with Gasteiger partial charge in [-0.05, 0) is 36.5 Å². The zero-order chi connectivity index (χ0) is 23.8. The first-order valence-electron chi connectivity index (χ1n) is 10.4. The number of benzene rings is 1. The first kappa shape index (κ1) is 24.7. The Morgan fingerprint density at radius 2 is 1.88 bits per heavy atom. The van der Waals surface area contributed by atoms with Crippen LogP contribution >= 0.6 is 0 Å². The molecule has 1 aliphatic rings. The largest absolute Gasteiger partial charge is 0.363 e. The van der Waals surface area contributed by atoms with Crippen LogP contribution in [-0.2, 0) is 25.8 Å². The van der Waals surface area contributed by atoms with E-state index in [0.717, 1.165) is 29.5 Å². The Labute approximate surface area is 189 Å². The Bertz CT molecular complexity index is 984. The molecule has 12 nitrogen and oxygen atoms in total. The van der Waals surface area contributed by atoms with E-state index < -0.39 is 37.1 Å². The highest BCUT2D eigenvalue weighted by molar-refractivity contribution is 5.89. The lowest BCUT2D eigenvalue weighted by Gasteiger charge is -2.18. The van der Waals surface area contributed by atoms with E-state index in [2.05, 4.69) is 43.5 Å². The number of carbonyl (C=O) groups is 1. The van der Waals surface area contributed by atoms with Gasteiger partial charge in [0.25, 0.3) is 5.91 Å². The Balaban J connectivity index is 1.83. The molecule has 33 heavy (non-hydrogen) atoms. The zero-order valence-electron chi connectivity index (χ0n) is 18.0. The third-order valence-electron chi connectivity index (χ3n) is 5.20. The van der Waals surface area contributed by atoms with Crippen LogP contribution in [0.5, 0.6) is 0 Å². The number of hydrogen-bond acceptors (Lipinski definition) is 10. The summed E-state index contributed by atoms with van der Waals surface area (Å²) >= 11 is 0. The maximum absolute atomic E-state index is 11.9. The third kappa shape index (κ3) is 5.92. The summed E-state index contributed by atoms with van der Waals surface area (Å²) in [6.07, 6.45) is -0.503. The maximum atomic E-state index is 11.9. The molecule has 1 fully saturated rings. The second-order valence-corrected chi connectivity index (χ2v) is 7.47. The Kier molecular flexibility index (Phi) is 8.87. The summed E-state index contributed by atoms with van der Waals surface area (Å²) in [4.78, 5) is 28.6. The fourth-order valence-corrected chi connectivity index (χ4v) is 3.54. The molecule has 0 saturated carbocycles. The summed E-state index contributed by atoms with van der Waals surface area (Å²) in [6, 6.07) is 7.79. The van der Waals surface area contributed by atoms with Crippen LogP contribution < -0.4 is 5.73 Å². The quantitative estimate of drug-likeness (QED) is 0.176. The monoisotopic (exact) mass is 462 g/mol. The topological polar surface area (TPSA) is 171 Å². The number of aromatic nitrogens is 3. The van der Waals surface area contributed by atoms with Crippen molar-refractivity contribution in [3.05, 3.63) is 47.0 Å². The molecule has 0 spiro atoms. The number of ether oxygens (including phenoxy) is 1. The molecule has 178 valence electrons. The first-order valence-corrected chi connectivity index (χ1v) is 10.4. The van der Waals surface area contributed by atoms with E-state index in [1.807, 2.05) is 24.3 Å². The van der Waals surface area contributed by atoms with Crippen LogP contribution in [0.15, 0.2) is 24.3 Å². The Morgan fingerprint density at radius 3 is 2.48 bits per heavy atom. The van der Waals surface area contributed by atoms with E-state index in [-0.39, 0.29) is 11.6 Å². The molecule has 1 aliphatic heterocycles. The highest BCUT2D eigenvalue weighted by Gasteiger charge is 2.50. The van der Waals surface area contributed by atoms with Gasteiger partial charge in [-0.1, -0.05) is 37.8 Å². The number of amides is 1. The smallest absolute Gasteiger partial charge is 0.286 e. The average molecular weight is 462 g/mol. The maximum Gasteiger partial charge on any atom is 0.286 e. The van der Waals surface area contributed by atoms with E-state index in [1.165, 1.54) is 12.0 Å². The summed E-state index contributed by atoms with van der Waals surface area (Å²) in [7, 11) is 0. The fraction of sp³-hybridized carbons (Fsp3) is 0.476. The van der Waals surface area contributed by atoms with Crippen molar-refractivity contribution in [2.24, 2.45) is 5.73 Å². The van der Waals surface area contributed by atoms with E-state index in [4.69, 9.17) is 21.0 Å². The van der Waals surface area contributed by atoms with E-state index in [9.17, 15) is 10.1 Å². The molecule has 2 aromatic rings. The van der Waals surface area contributed by atoms with Gasteiger partial charge in [-0.25, -0.2) is 19.3 Å². The van der Waals surface area contributed by atoms with Crippen molar-refractivity contribution in [3.8, 4) is 11.8 Å². The van der Waals surface area contributed by atoms with Gasteiger partial charge in [0.2, 0.25) is 11.6 Å². The fourth-order valence-electron chi connectivity index (χ4n) is 3.54. The number of unbranched alkanes of at least 4 members (excludes halogenated alkanes) is 2. The van der Waals surface area contributed by atoms with E-state index in [1.54, 1.807) is 0 Å². The second kappa shape index (κ2) is 11.8. The van der Waals surface area contributed by atoms with Crippen molar-refractivity contribution in [2.45, 2.75) is 57.1 Å². The lowest BCUT2D eigenvalue weighted by atomic mass is 10.1. The van der Waals surface area contributed by atoms with Crippen LogP contribution in [0, 0.1) is 11.8 Å². The van der Waals surface area contributed by atoms with Gasteiger partial charge in [-0.15, -0.1) is 5.10 Å². The Morgan fingerprint density at radius 1 is 1.15 bits per heavy atom. The molecule has 2 heterocycles. The molecule has 0 radical (unpaired) electrons. The number of nitrogens with two attached hydrogens (primary N) is 1. The van der Waals surface area contributed by atoms with Crippen LogP contribution in [0.4, 0.5) is 0 Å². The van der Waals surface area contributed by atoms with Gasteiger partial charge >= 0.3 is 0 Å². The molecule has 1 aromatic carbocycles. The van der Waals surface area contributed by atoms with Gasteiger partial charge < -0.3 is 10.5 Å². The van der Waals surface area contributed by atoms with Gasteiger partial charge in [-0.2, -0.15) is 4.98 Å². The summed E-state index contributed by atoms with van der Waals surface area (Å²) < 4.78 is 6.53. The zero-order valence-corrected chi connectivity index (χ0v) is 18.0. The summed E-state index contributed by atoms with van der Waals surface area (Å²) in [5.41, 5.74) is 7.36. The predicted octanol–water partition coefficient (Wildman–Crippen LogP) is 1.61. The lowest BCUT2D eigenvalue weighted by Crippen LogP contribution is -2.37. The van der Waals surface area contributed by atoms with Crippen molar-refractivity contribution in [2.75, 3.05) is 6.61 Å². The number of carbonyl (C=O) groups excluding carboxylic acids is 1. The molecule has 4 atom stereocenters. The number of hydrogen-bond donors (Lipinski definition) is 4. The number of aryl methyl sites for hydroxylation is 1. The van der Waals surface area contributed by atoms with Crippen molar-refractivity contribution < 1.29 is 40.0 Å². The van der Waals surface area contributed by atoms with Gasteiger partial charge in [0.15, 0.2) is 18.4 Å². The molecule has 1 saturated heterocycles. The summed E-state index contributed by atoms with van der Waals surface area (Å²) in [5.74, 6) is 4.40. The molecule has 12 heteroatoms. The van der Waals surface area contributed by atoms with Gasteiger partial charge in [0.1, 0.15) is 12.7 Å². The van der Waals surface area contributed by atoms with E-state index in [0.29, 0.717) is 0 Å². The van der Waals surface area contributed by atoms with Crippen LogP contribution in [0.2, 0.25) is 0 Å². The molecule has 1 amide bonds. The van der Waals surface area contributed by atoms with Crippen LogP contribution in [0.1, 0.15) is 60.0 Å². The minimum atomic E-state index is -1.35. The molecule has 0 aliphatic carbocycles. The minimum Gasteiger partial charge on any atom is -0.363 e. The minimum absolute atomic E-state index is 0.0283. The van der Waals surface area contributed by atoms with Gasteiger partial charge in [0.05, 0.1) is 0 Å². The van der Waals surface area contributed by atoms with Gasteiger partial charge in [0, 0.05) is 5.56 Å². The average Bonchev–Trinajstić information content (AvgIpc) is 3.40. The Hall–Kier alpha value is -2.89. The highest BCUT2D eigenvalue weighted by Crippen LogP contribution is 2.33. The highest BCUT2D eigenvalue weighted by atomic mass is 17.1. The second-order valence-electron chi connectivity index (χ2n) is 7.47. The summed E-state index contributed by atoms with van der Waals surface area (Å²) in [5, 5.41) is 31.3. The van der Waals surface area contributed by atoms with Crippen molar-refractivity contribution in [1.82, 2.24) is 14.8 Å². The molecule has 0 bridgehead atoms. The van der Waals surface area contributed by atoms with Crippen LogP contribution in [-0.4, -0.2) is 61.4 Å². The first-order chi connectivity index (χ1) is 16.0. The molecule has 3 rings (SSSR count). The number of nitrogens with zero attached hydrogens (tertiary/aromatic N) is 3. The molecular formula is C21H26N4O8. The van der Waals surface area contributed by atoms with Crippen LogP contribution in [0.3, 0.4) is 0 Å². The van der Waals surface area contributed by atoms with Crippen molar-refractivity contribution >= 4 is 5.91 Å². The van der Waals surface area contributed by atoms with Crippen molar-refractivity contribution in [1.29, 1.82) is 0 Å². The molecule has 0 unspecified atom stereocenters.